The summed E-state index contributed by atoms with van der Waals surface area (Å²) in [5.74, 6) is 0. The van der Waals surface area contributed by atoms with Gasteiger partial charge in [-0.1, -0.05) is 13.3 Å². The topological polar surface area (TPSA) is 38.7 Å². The summed E-state index contributed by atoms with van der Waals surface area (Å²) in [7, 11) is 0. The van der Waals surface area contributed by atoms with Crippen molar-refractivity contribution in [1.29, 1.82) is 0 Å². The highest BCUT2D eigenvalue weighted by Gasteiger charge is 1.97. The number of nitrogens with zero attached hydrogens (tertiary/aromatic N) is 3. The van der Waals surface area contributed by atoms with E-state index in [0.29, 0.717) is 0 Å². The van der Waals surface area contributed by atoms with E-state index in [4.69, 9.17) is 0 Å². The Morgan fingerprint density at radius 1 is 1.45 bits per heavy atom. The highest BCUT2D eigenvalue weighted by atomic mass is 15.3. The number of hydrogen-bond acceptors (Lipinski definition) is 3. The molecule has 0 radical (unpaired) electrons. The Kier molecular flexibility index (Phi) is 2.95. The fourth-order valence-corrected chi connectivity index (χ4v) is 0.959. The zero-order valence-corrected chi connectivity index (χ0v) is 7.04. The van der Waals surface area contributed by atoms with Gasteiger partial charge >= 0.3 is 0 Å². The minimum atomic E-state index is 1.01. The van der Waals surface area contributed by atoms with Crippen LogP contribution < -0.4 is 0 Å². The Bertz CT molecular complexity index is 222. The van der Waals surface area contributed by atoms with Crippen molar-refractivity contribution >= 4 is 0 Å². The van der Waals surface area contributed by atoms with Crippen molar-refractivity contribution in [1.82, 2.24) is 15.4 Å². The molecule has 60 valence electrons. The zero-order valence-electron chi connectivity index (χ0n) is 7.04. The molecule has 0 aliphatic heterocycles. The minimum absolute atomic E-state index is 1.01. The fourth-order valence-electron chi connectivity index (χ4n) is 0.959. The lowest BCUT2D eigenvalue weighted by atomic mass is 10.1. The van der Waals surface area contributed by atoms with E-state index in [1.54, 1.807) is 6.20 Å². The van der Waals surface area contributed by atoms with Gasteiger partial charge in [0.05, 0.1) is 11.9 Å². The highest BCUT2D eigenvalue weighted by Crippen LogP contribution is 2.05. The van der Waals surface area contributed by atoms with E-state index in [-0.39, 0.29) is 0 Å². The zero-order chi connectivity index (χ0) is 8.10. The van der Waals surface area contributed by atoms with Crippen molar-refractivity contribution in [3.05, 3.63) is 17.5 Å². The molecule has 11 heavy (non-hydrogen) atoms. The van der Waals surface area contributed by atoms with E-state index >= 15 is 0 Å². The van der Waals surface area contributed by atoms with Gasteiger partial charge in [0.25, 0.3) is 0 Å². The summed E-state index contributed by atoms with van der Waals surface area (Å²) in [6.45, 7) is 4.15. The molecule has 0 unspecified atom stereocenters. The summed E-state index contributed by atoms with van der Waals surface area (Å²) >= 11 is 0. The van der Waals surface area contributed by atoms with Gasteiger partial charge in [-0.2, -0.15) is 0 Å². The van der Waals surface area contributed by atoms with Crippen LogP contribution in [-0.4, -0.2) is 15.4 Å². The first-order chi connectivity index (χ1) is 5.34. The fraction of sp³-hybridized carbons (Fsp3) is 0.625. The van der Waals surface area contributed by atoms with E-state index < -0.39 is 0 Å². The Morgan fingerprint density at radius 2 is 2.27 bits per heavy atom. The molecule has 0 atom stereocenters. The molecule has 0 spiro atoms. The van der Waals surface area contributed by atoms with Crippen LogP contribution in [0.2, 0.25) is 0 Å². The van der Waals surface area contributed by atoms with Crippen molar-refractivity contribution in [2.75, 3.05) is 0 Å². The Balaban J connectivity index is 2.62. The smallest absolute Gasteiger partial charge is 0.0665 e. The molecule has 1 aromatic rings. The maximum absolute atomic E-state index is 3.87. The monoisotopic (exact) mass is 151 g/mol. The number of rotatable bonds is 3. The quantitative estimate of drug-likeness (QED) is 0.657. The van der Waals surface area contributed by atoms with Gasteiger partial charge in [-0.25, -0.2) is 0 Å². The van der Waals surface area contributed by atoms with Crippen LogP contribution in [0.3, 0.4) is 0 Å². The molecule has 0 aliphatic rings. The molecule has 0 amide bonds. The lowest BCUT2D eigenvalue weighted by Crippen LogP contribution is -1.97. The van der Waals surface area contributed by atoms with Crippen molar-refractivity contribution in [3.63, 3.8) is 0 Å². The minimum Gasteiger partial charge on any atom is -0.138 e. The SMILES string of the molecule is CCCCc1cnnnc1C. The second-order valence-electron chi connectivity index (χ2n) is 2.65. The molecule has 0 fully saturated rings. The molecular formula is C8H13N3. The lowest BCUT2D eigenvalue weighted by Gasteiger charge is -1.99. The molecule has 0 aromatic carbocycles. The third-order valence-corrected chi connectivity index (χ3v) is 1.72. The van der Waals surface area contributed by atoms with Crippen LogP contribution in [0, 0.1) is 6.92 Å². The van der Waals surface area contributed by atoms with Gasteiger partial charge in [0.15, 0.2) is 0 Å². The lowest BCUT2D eigenvalue weighted by molar-refractivity contribution is 0.750. The van der Waals surface area contributed by atoms with Crippen molar-refractivity contribution in [2.45, 2.75) is 33.1 Å². The Hall–Kier alpha value is -0.990. The van der Waals surface area contributed by atoms with Crippen LogP contribution in [0.5, 0.6) is 0 Å². The van der Waals surface area contributed by atoms with Gasteiger partial charge in [0.1, 0.15) is 0 Å². The normalized spacial score (nSPS) is 10.0. The first kappa shape index (κ1) is 8.11. The average Bonchev–Trinajstić information content (AvgIpc) is 2.03. The van der Waals surface area contributed by atoms with Gasteiger partial charge < -0.3 is 0 Å². The molecule has 3 heteroatoms. The van der Waals surface area contributed by atoms with Crippen molar-refractivity contribution in [3.8, 4) is 0 Å². The third-order valence-electron chi connectivity index (χ3n) is 1.72. The number of aromatic nitrogens is 3. The van der Waals surface area contributed by atoms with Gasteiger partial charge in [0, 0.05) is 0 Å². The highest BCUT2D eigenvalue weighted by molar-refractivity contribution is 5.12. The predicted octanol–water partition coefficient (Wildman–Crippen LogP) is 1.52. The summed E-state index contributed by atoms with van der Waals surface area (Å²) in [5, 5.41) is 11.2. The van der Waals surface area contributed by atoms with Gasteiger partial charge in [-0.15, -0.1) is 10.2 Å². The average molecular weight is 151 g/mol. The van der Waals surface area contributed by atoms with Gasteiger partial charge in [-0.05, 0) is 30.5 Å². The maximum atomic E-state index is 3.87. The van der Waals surface area contributed by atoms with Gasteiger partial charge in [0.2, 0.25) is 0 Å². The number of unbranched alkanes of at least 4 members (excludes halogenated alkanes) is 1. The van der Waals surface area contributed by atoms with Crippen LogP contribution in [0.1, 0.15) is 31.0 Å². The summed E-state index contributed by atoms with van der Waals surface area (Å²) in [6.07, 6.45) is 5.29. The summed E-state index contributed by atoms with van der Waals surface area (Å²) in [6, 6.07) is 0. The van der Waals surface area contributed by atoms with Crippen LogP contribution in [0.4, 0.5) is 0 Å². The molecule has 1 rings (SSSR count). The predicted molar refractivity (Wildman–Crippen MR) is 43.2 cm³/mol. The van der Waals surface area contributed by atoms with Crippen molar-refractivity contribution in [2.24, 2.45) is 0 Å². The van der Waals surface area contributed by atoms with Crippen LogP contribution in [0.25, 0.3) is 0 Å². The van der Waals surface area contributed by atoms with E-state index in [1.165, 1.54) is 18.4 Å². The first-order valence-corrected chi connectivity index (χ1v) is 3.98. The molecular weight excluding hydrogens is 138 g/mol. The molecule has 3 nitrogen and oxygen atoms in total. The van der Waals surface area contributed by atoms with E-state index in [9.17, 15) is 0 Å². The maximum Gasteiger partial charge on any atom is 0.0665 e. The molecule has 0 saturated carbocycles. The second kappa shape index (κ2) is 4.01. The van der Waals surface area contributed by atoms with Gasteiger partial charge in [-0.3, -0.25) is 0 Å². The Morgan fingerprint density at radius 3 is 2.91 bits per heavy atom. The van der Waals surface area contributed by atoms with Crippen LogP contribution in [0.15, 0.2) is 6.20 Å². The van der Waals surface area contributed by atoms with E-state index in [1.807, 2.05) is 6.92 Å². The largest absolute Gasteiger partial charge is 0.138 e. The van der Waals surface area contributed by atoms with Crippen LogP contribution >= 0.6 is 0 Å². The molecule has 0 N–H and O–H groups in total. The molecule has 0 aliphatic carbocycles. The molecule has 0 bridgehead atoms. The second-order valence-corrected chi connectivity index (χ2v) is 2.65. The summed E-state index contributed by atoms with van der Waals surface area (Å²) in [4.78, 5) is 0. The molecule has 1 aromatic heterocycles. The molecule has 0 saturated heterocycles. The summed E-state index contributed by atoms with van der Waals surface area (Å²) < 4.78 is 0. The van der Waals surface area contributed by atoms with E-state index in [2.05, 4.69) is 22.3 Å². The third kappa shape index (κ3) is 2.26. The number of hydrogen-bond donors (Lipinski definition) is 0. The molecule has 1 heterocycles. The van der Waals surface area contributed by atoms with E-state index in [0.717, 1.165) is 12.1 Å². The van der Waals surface area contributed by atoms with Crippen molar-refractivity contribution < 1.29 is 0 Å². The number of aryl methyl sites for hydroxylation is 2. The first-order valence-electron chi connectivity index (χ1n) is 3.98. The standard InChI is InChI=1S/C8H13N3/c1-3-4-5-8-6-9-11-10-7(8)2/h6H,3-5H2,1-2H3. The summed E-state index contributed by atoms with van der Waals surface area (Å²) in [5.41, 5.74) is 2.23. The Labute approximate surface area is 66.9 Å². The van der Waals surface area contributed by atoms with Crippen LogP contribution in [-0.2, 0) is 6.42 Å².